The molecule has 0 aliphatic carbocycles. The Labute approximate surface area is 232 Å². The molecule has 39 heavy (non-hydrogen) atoms. The minimum atomic E-state index is -0.500. The van der Waals surface area contributed by atoms with Gasteiger partial charge in [-0.15, -0.1) is 0 Å². The van der Waals surface area contributed by atoms with Gasteiger partial charge < -0.3 is 20.7 Å². The number of nitrogens with one attached hydrogen (secondary N) is 1. The maximum atomic E-state index is 13.4. The second-order valence-electron chi connectivity index (χ2n) is 11.1. The molecule has 2 aromatic rings. The molecule has 1 atom stereocenters. The van der Waals surface area contributed by atoms with Crippen molar-refractivity contribution in [2.45, 2.75) is 72.8 Å². The van der Waals surface area contributed by atoms with Gasteiger partial charge in [-0.3, -0.25) is 14.7 Å². The van der Waals surface area contributed by atoms with Crippen molar-refractivity contribution in [1.29, 1.82) is 0 Å². The van der Waals surface area contributed by atoms with Crippen LogP contribution in [0.4, 0.5) is 27.7 Å². The topological polar surface area (TPSA) is 113 Å². The molecule has 9 nitrogen and oxygen atoms in total. The van der Waals surface area contributed by atoms with E-state index in [0.29, 0.717) is 36.6 Å². The zero-order valence-corrected chi connectivity index (χ0v) is 24.5. The quantitative estimate of drug-likeness (QED) is 0.232. The van der Waals surface area contributed by atoms with E-state index in [2.05, 4.69) is 27.1 Å². The van der Waals surface area contributed by atoms with Crippen molar-refractivity contribution in [3.05, 3.63) is 41.1 Å². The van der Waals surface area contributed by atoms with Crippen LogP contribution in [-0.2, 0) is 16.0 Å². The minimum absolute atomic E-state index is 0.143. The van der Waals surface area contributed by atoms with Crippen LogP contribution in [0.2, 0.25) is 0 Å². The molecule has 3 rings (SSSR count). The van der Waals surface area contributed by atoms with E-state index in [1.807, 2.05) is 52.8 Å². The van der Waals surface area contributed by atoms with Crippen molar-refractivity contribution in [3.8, 4) is 0 Å². The molecule has 0 bridgehead atoms. The fraction of sp³-hybridized carbons (Fsp3) is 0.533. The lowest BCUT2D eigenvalue weighted by Crippen LogP contribution is -2.34. The predicted molar refractivity (Wildman–Crippen MR) is 160 cm³/mol. The molecule has 2 heterocycles. The van der Waals surface area contributed by atoms with E-state index in [9.17, 15) is 9.59 Å². The molecule has 0 spiro atoms. The van der Waals surface area contributed by atoms with Crippen LogP contribution < -0.4 is 20.9 Å². The number of benzene rings is 1. The molecular weight excluding hydrogens is 492 g/mol. The first-order chi connectivity index (χ1) is 18.5. The highest BCUT2D eigenvalue weighted by atomic mass is 16.6. The van der Waals surface area contributed by atoms with Crippen LogP contribution in [0.5, 0.6) is 0 Å². The number of nitrogens with zero attached hydrogens (tertiary/aromatic N) is 4. The van der Waals surface area contributed by atoms with Crippen LogP contribution in [0.25, 0.3) is 0 Å². The number of aliphatic imine (C=N–C) groups is 1. The van der Waals surface area contributed by atoms with Gasteiger partial charge in [0.2, 0.25) is 0 Å². The Hall–Kier alpha value is -3.62. The van der Waals surface area contributed by atoms with Gasteiger partial charge in [0.25, 0.3) is 0 Å². The summed E-state index contributed by atoms with van der Waals surface area (Å²) in [5, 5.41) is 3.04. The third kappa shape index (κ3) is 7.49. The minimum Gasteiger partial charge on any atom is -0.460 e. The number of carbonyl (C=O) groups excluding carboxylic acids is 2. The number of aryl methyl sites for hydroxylation is 1. The average Bonchev–Trinajstić information content (AvgIpc) is 3.30. The van der Waals surface area contributed by atoms with Crippen molar-refractivity contribution >= 4 is 41.1 Å². The summed E-state index contributed by atoms with van der Waals surface area (Å²) < 4.78 is 5.66. The lowest BCUT2D eigenvalue weighted by molar-refractivity contribution is -0.160. The molecular formula is C30H44N6O3. The van der Waals surface area contributed by atoms with Crippen LogP contribution in [0.1, 0.15) is 70.6 Å². The number of pyridine rings is 1. The number of urea groups is 1. The van der Waals surface area contributed by atoms with Crippen LogP contribution >= 0.6 is 0 Å². The Morgan fingerprint density at radius 1 is 1.28 bits per heavy atom. The molecule has 2 amide bonds. The molecule has 3 N–H and O–H groups in total. The van der Waals surface area contributed by atoms with E-state index in [-0.39, 0.29) is 17.9 Å². The molecule has 1 unspecified atom stereocenters. The zero-order valence-electron chi connectivity index (χ0n) is 24.5. The van der Waals surface area contributed by atoms with Crippen molar-refractivity contribution in [1.82, 2.24) is 4.98 Å². The number of nitrogens with two attached hydrogens (primary N) is 1. The summed E-state index contributed by atoms with van der Waals surface area (Å²) in [7, 11) is 1.68. The lowest BCUT2D eigenvalue weighted by atomic mass is 10.0. The van der Waals surface area contributed by atoms with Gasteiger partial charge in [-0.2, -0.15) is 0 Å². The molecule has 1 aromatic carbocycles. The first-order valence-electron chi connectivity index (χ1n) is 13.9. The van der Waals surface area contributed by atoms with Crippen LogP contribution in [-0.4, -0.2) is 55.5 Å². The SMILES string of the molecule is CCCN(CCC(CC)C(=O)OC(C)(C)C)c1ccnc2c1CCN2C(=O)Nc1cc(C=NC)c(N)cc1C. The number of amides is 2. The van der Waals surface area contributed by atoms with Crippen LogP contribution in [0.15, 0.2) is 29.4 Å². The van der Waals surface area contributed by atoms with E-state index < -0.39 is 5.60 Å². The van der Waals surface area contributed by atoms with Gasteiger partial charge in [-0.05, 0) is 77.1 Å². The van der Waals surface area contributed by atoms with Crippen molar-refractivity contribution in [3.63, 3.8) is 0 Å². The number of rotatable bonds is 10. The summed E-state index contributed by atoms with van der Waals surface area (Å²) in [6.07, 6.45) is 6.55. The molecule has 9 heteroatoms. The fourth-order valence-corrected chi connectivity index (χ4v) is 4.89. The number of nitrogen functional groups attached to an aromatic ring is 1. The van der Waals surface area contributed by atoms with E-state index >= 15 is 0 Å². The van der Waals surface area contributed by atoms with Gasteiger partial charge in [0.15, 0.2) is 0 Å². The monoisotopic (exact) mass is 536 g/mol. The highest BCUT2D eigenvalue weighted by Crippen LogP contribution is 2.35. The summed E-state index contributed by atoms with van der Waals surface area (Å²) in [6.45, 7) is 13.9. The highest BCUT2D eigenvalue weighted by molar-refractivity contribution is 6.04. The number of hydrogen-bond acceptors (Lipinski definition) is 7. The molecule has 0 saturated heterocycles. The smallest absolute Gasteiger partial charge is 0.327 e. The molecule has 1 aromatic heterocycles. The third-order valence-electron chi connectivity index (χ3n) is 6.85. The number of esters is 1. The number of anilines is 4. The van der Waals surface area contributed by atoms with Gasteiger partial charge in [0, 0.05) is 67.3 Å². The Bertz CT molecular complexity index is 1200. The van der Waals surface area contributed by atoms with Gasteiger partial charge in [-0.1, -0.05) is 13.8 Å². The standard InChI is InChI=1S/C30H44N6O3/c1-8-14-35(15-11-21(9-2)28(37)39-30(4,5)6)26-10-13-33-27-23(26)12-16-36(27)29(38)34-25-18-22(19-32-7)24(31)17-20(25)3/h10,13,17-19,21H,8-9,11-12,14-16,31H2,1-7H3,(H,34,38). The maximum Gasteiger partial charge on any atom is 0.327 e. The van der Waals surface area contributed by atoms with Gasteiger partial charge in [-0.25, -0.2) is 9.78 Å². The van der Waals surface area contributed by atoms with E-state index in [1.54, 1.807) is 24.4 Å². The first kappa shape index (κ1) is 29.9. The molecule has 0 radical (unpaired) electrons. The second-order valence-corrected chi connectivity index (χ2v) is 11.1. The second kappa shape index (κ2) is 13.0. The number of aromatic nitrogens is 1. The summed E-state index contributed by atoms with van der Waals surface area (Å²) >= 11 is 0. The molecule has 1 aliphatic heterocycles. The molecule has 1 aliphatic rings. The first-order valence-corrected chi connectivity index (χ1v) is 13.9. The molecule has 0 fully saturated rings. The van der Waals surface area contributed by atoms with Gasteiger partial charge >= 0.3 is 12.0 Å². The van der Waals surface area contributed by atoms with E-state index in [4.69, 9.17) is 10.5 Å². The van der Waals surface area contributed by atoms with E-state index in [0.717, 1.165) is 48.3 Å². The molecule has 0 saturated carbocycles. The lowest BCUT2D eigenvalue weighted by Gasteiger charge is -2.29. The summed E-state index contributed by atoms with van der Waals surface area (Å²) in [4.78, 5) is 38.8. The van der Waals surface area contributed by atoms with Crippen LogP contribution in [0, 0.1) is 12.8 Å². The fourth-order valence-electron chi connectivity index (χ4n) is 4.89. The summed E-state index contributed by atoms with van der Waals surface area (Å²) in [6, 6.07) is 5.47. The van der Waals surface area contributed by atoms with Crippen molar-refractivity contribution in [2.24, 2.45) is 10.9 Å². The Kier molecular flexibility index (Phi) is 9.94. The Balaban J connectivity index is 1.79. The number of carbonyl (C=O) groups is 2. The number of ether oxygens (including phenoxy) is 1. The highest BCUT2D eigenvalue weighted by Gasteiger charge is 2.30. The zero-order chi connectivity index (χ0) is 28.7. The molecule has 212 valence electrons. The normalized spacial score (nSPS) is 13.9. The Morgan fingerprint density at radius 3 is 2.67 bits per heavy atom. The Morgan fingerprint density at radius 2 is 2.03 bits per heavy atom. The van der Waals surface area contributed by atoms with Crippen molar-refractivity contribution < 1.29 is 14.3 Å². The summed E-state index contributed by atoms with van der Waals surface area (Å²) in [5.41, 5.74) is 10.7. The third-order valence-corrected chi connectivity index (χ3v) is 6.85. The average molecular weight is 537 g/mol. The maximum absolute atomic E-state index is 13.4. The van der Waals surface area contributed by atoms with Gasteiger partial charge in [0.1, 0.15) is 11.4 Å². The summed E-state index contributed by atoms with van der Waals surface area (Å²) in [5.74, 6) is 0.371. The predicted octanol–water partition coefficient (Wildman–Crippen LogP) is 5.59. The number of fused-ring (bicyclic) bond motifs is 1. The van der Waals surface area contributed by atoms with E-state index in [1.165, 1.54) is 0 Å². The van der Waals surface area contributed by atoms with Crippen LogP contribution in [0.3, 0.4) is 0 Å². The van der Waals surface area contributed by atoms with Gasteiger partial charge in [0.05, 0.1) is 5.92 Å². The van der Waals surface area contributed by atoms with Crippen molar-refractivity contribution in [2.75, 3.05) is 47.5 Å². The largest absolute Gasteiger partial charge is 0.460 e. The number of hydrogen-bond donors (Lipinski definition) is 2.